The largest absolute Gasteiger partial charge is 0.393 e. The van der Waals surface area contributed by atoms with Crippen LogP contribution in [0.1, 0.15) is 36.0 Å². The van der Waals surface area contributed by atoms with Crippen molar-refractivity contribution in [2.24, 2.45) is 5.92 Å². The van der Waals surface area contributed by atoms with E-state index < -0.39 is 18.0 Å². The second-order valence-electron chi connectivity index (χ2n) is 8.53. The van der Waals surface area contributed by atoms with Crippen molar-refractivity contribution in [2.75, 3.05) is 46.6 Å². The maximum atomic E-state index is 13.4. The SMILES string of the molecule is O=C(Nc1cnccn1)c1cc2c(nc1N1CCCC(C(F)(F)F)C1)NC1CCCN2C1. The molecule has 5 rings (SSSR count). The second kappa shape index (κ2) is 8.10. The molecule has 0 radical (unpaired) electrons. The Labute approximate surface area is 183 Å². The highest BCUT2D eigenvalue weighted by Crippen LogP contribution is 2.40. The highest BCUT2D eigenvalue weighted by Gasteiger charge is 2.43. The Balaban J connectivity index is 1.53. The summed E-state index contributed by atoms with van der Waals surface area (Å²) in [6.07, 6.45) is 2.59. The van der Waals surface area contributed by atoms with Crippen molar-refractivity contribution < 1.29 is 18.0 Å². The monoisotopic (exact) mass is 447 g/mol. The molecule has 2 unspecified atom stereocenters. The Hall–Kier alpha value is -3.11. The molecule has 0 saturated carbocycles. The minimum absolute atomic E-state index is 0.0835. The number of hydrogen-bond donors (Lipinski definition) is 2. The van der Waals surface area contributed by atoms with Crippen LogP contribution in [0, 0.1) is 5.92 Å². The molecule has 2 saturated heterocycles. The number of rotatable bonds is 3. The third kappa shape index (κ3) is 4.03. The molecule has 8 nitrogen and oxygen atoms in total. The number of halogens is 3. The molecule has 170 valence electrons. The van der Waals surface area contributed by atoms with Gasteiger partial charge in [-0.3, -0.25) is 9.78 Å². The van der Waals surface area contributed by atoms with Gasteiger partial charge in [-0.2, -0.15) is 13.2 Å². The van der Waals surface area contributed by atoms with Crippen LogP contribution in [-0.2, 0) is 0 Å². The summed E-state index contributed by atoms with van der Waals surface area (Å²) in [6.45, 7) is 1.88. The predicted molar refractivity (Wildman–Crippen MR) is 114 cm³/mol. The lowest BCUT2D eigenvalue weighted by Crippen LogP contribution is -2.47. The topological polar surface area (TPSA) is 86.3 Å². The fourth-order valence-corrected chi connectivity index (χ4v) is 4.74. The number of alkyl halides is 3. The van der Waals surface area contributed by atoms with E-state index in [0.717, 1.165) is 31.6 Å². The lowest BCUT2D eigenvalue weighted by atomic mass is 9.96. The molecule has 1 amide bonds. The molecule has 3 aliphatic heterocycles. The Morgan fingerprint density at radius 3 is 2.72 bits per heavy atom. The molecule has 32 heavy (non-hydrogen) atoms. The molecule has 0 aromatic carbocycles. The standard InChI is InChI=1S/C21H24F3N7O/c22-21(23,24)13-3-1-8-31(11-13)19-15(20(32)28-17-10-25-5-6-26-17)9-16-18(29-19)27-14-4-2-7-30(16)12-14/h5-6,9-10,13-14H,1-4,7-8,11-12H2,(H,27,29)(H,26,28,32). The summed E-state index contributed by atoms with van der Waals surface area (Å²) in [7, 11) is 0. The third-order valence-corrected chi connectivity index (χ3v) is 6.32. The van der Waals surface area contributed by atoms with Crippen LogP contribution < -0.4 is 20.4 Å². The van der Waals surface area contributed by atoms with E-state index in [1.165, 1.54) is 18.6 Å². The number of nitrogens with zero attached hydrogens (tertiary/aromatic N) is 5. The Bertz CT molecular complexity index is 1000. The molecule has 0 aliphatic carbocycles. The van der Waals surface area contributed by atoms with Crippen molar-refractivity contribution >= 4 is 29.0 Å². The fourth-order valence-electron chi connectivity index (χ4n) is 4.74. The van der Waals surface area contributed by atoms with E-state index in [1.807, 2.05) is 0 Å². The molecule has 2 aromatic rings. The first kappa shape index (κ1) is 20.8. The van der Waals surface area contributed by atoms with Crippen molar-refractivity contribution in [3.63, 3.8) is 0 Å². The van der Waals surface area contributed by atoms with Gasteiger partial charge in [-0.15, -0.1) is 0 Å². The van der Waals surface area contributed by atoms with E-state index in [2.05, 4.69) is 25.5 Å². The Morgan fingerprint density at radius 2 is 1.94 bits per heavy atom. The highest BCUT2D eigenvalue weighted by atomic mass is 19.4. The lowest BCUT2D eigenvalue weighted by molar-refractivity contribution is -0.176. The zero-order valence-corrected chi connectivity index (χ0v) is 17.4. The smallest absolute Gasteiger partial charge is 0.366 e. The molecule has 2 bridgehead atoms. The van der Waals surface area contributed by atoms with E-state index in [4.69, 9.17) is 4.98 Å². The molecule has 11 heteroatoms. The van der Waals surface area contributed by atoms with Crippen LogP contribution >= 0.6 is 0 Å². The molecule has 3 aliphatic rings. The van der Waals surface area contributed by atoms with E-state index in [-0.39, 0.29) is 36.2 Å². The van der Waals surface area contributed by atoms with Crippen LogP contribution in [0.25, 0.3) is 0 Å². The number of hydrogen-bond acceptors (Lipinski definition) is 7. The first-order valence-electron chi connectivity index (χ1n) is 10.8. The normalized spacial score (nSPS) is 22.7. The van der Waals surface area contributed by atoms with E-state index in [1.54, 1.807) is 11.0 Å². The van der Waals surface area contributed by atoms with Crippen LogP contribution in [0.3, 0.4) is 0 Å². The molecule has 5 heterocycles. The average Bonchev–Trinajstić information content (AvgIpc) is 2.79. The molecule has 0 spiro atoms. The van der Waals surface area contributed by atoms with Crippen molar-refractivity contribution in [1.29, 1.82) is 0 Å². The van der Waals surface area contributed by atoms with Gasteiger partial charge in [-0.05, 0) is 31.7 Å². The van der Waals surface area contributed by atoms with E-state index in [9.17, 15) is 18.0 Å². The van der Waals surface area contributed by atoms with Crippen molar-refractivity contribution in [2.45, 2.75) is 37.9 Å². The van der Waals surface area contributed by atoms with Gasteiger partial charge in [-0.1, -0.05) is 0 Å². The van der Waals surface area contributed by atoms with Gasteiger partial charge in [0.1, 0.15) is 5.82 Å². The number of amides is 1. The van der Waals surface area contributed by atoms with Gasteiger partial charge < -0.3 is 20.4 Å². The maximum absolute atomic E-state index is 13.4. The minimum atomic E-state index is -4.28. The summed E-state index contributed by atoms with van der Waals surface area (Å²) in [4.78, 5) is 29.7. The summed E-state index contributed by atoms with van der Waals surface area (Å²) in [6, 6.07) is 2.00. The first-order valence-corrected chi connectivity index (χ1v) is 10.8. The van der Waals surface area contributed by atoms with Gasteiger partial charge in [-0.25, -0.2) is 9.97 Å². The summed E-state index contributed by atoms with van der Waals surface area (Å²) in [5, 5.41) is 6.11. The third-order valence-electron chi connectivity index (χ3n) is 6.32. The van der Waals surface area contributed by atoms with E-state index in [0.29, 0.717) is 18.8 Å². The van der Waals surface area contributed by atoms with Gasteiger partial charge in [0, 0.05) is 44.6 Å². The summed E-state index contributed by atoms with van der Waals surface area (Å²) < 4.78 is 40.3. The zero-order valence-electron chi connectivity index (χ0n) is 17.4. The van der Waals surface area contributed by atoms with Crippen LogP contribution in [0.4, 0.5) is 36.3 Å². The van der Waals surface area contributed by atoms with E-state index >= 15 is 0 Å². The molecule has 2 aromatic heterocycles. The lowest BCUT2D eigenvalue weighted by Gasteiger charge is -2.42. The number of anilines is 4. The molecule has 2 atom stereocenters. The number of carbonyl (C=O) groups excluding carboxylic acids is 1. The molecular formula is C21H24F3N7O. The van der Waals surface area contributed by atoms with Crippen LogP contribution in [0.2, 0.25) is 0 Å². The number of carbonyl (C=O) groups is 1. The van der Waals surface area contributed by atoms with Gasteiger partial charge >= 0.3 is 6.18 Å². The quantitative estimate of drug-likeness (QED) is 0.747. The second-order valence-corrected chi connectivity index (χ2v) is 8.53. The van der Waals surface area contributed by atoms with Gasteiger partial charge in [0.2, 0.25) is 0 Å². The first-order chi connectivity index (χ1) is 15.4. The van der Waals surface area contributed by atoms with Crippen molar-refractivity contribution in [3.05, 3.63) is 30.2 Å². The average molecular weight is 447 g/mol. The van der Waals surface area contributed by atoms with Crippen LogP contribution in [-0.4, -0.2) is 59.3 Å². The number of fused-ring (bicyclic) bond motifs is 4. The maximum Gasteiger partial charge on any atom is 0.393 e. The number of aromatic nitrogens is 3. The van der Waals surface area contributed by atoms with Crippen molar-refractivity contribution in [1.82, 2.24) is 15.0 Å². The van der Waals surface area contributed by atoms with Crippen molar-refractivity contribution in [3.8, 4) is 0 Å². The highest BCUT2D eigenvalue weighted by molar-refractivity contribution is 6.08. The molecule has 2 fully saturated rings. The Morgan fingerprint density at radius 1 is 1.12 bits per heavy atom. The van der Waals surface area contributed by atoms with Gasteiger partial charge in [0.15, 0.2) is 11.6 Å². The fraction of sp³-hybridized carbons (Fsp3) is 0.524. The number of piperidine rings is 2. The predicted octanol–water partition coefficient (Wildman–Crippen LogP) is 3.30. The molecular weight excluding hydrogens is 423 g/mol. The summed E-state index contributed by atoms with van der Waals surface area (Å²) in [5.41, 5.74) is 1.04. The Kier molecular flexibility index (Phi) is 5.26. The van der Waals surface area contributed by atoms with Gasteiger partial charge in [0.25, 0.3) is 5.91 Å². The zero-order chi connectivity index (χ0) is 22.3. The summed E-state index contributed by atoms with van der Waals surface area (Å²) in [5.74, 6) is -0.747. The number of pyridine rings is 1. The van der Waals surface area contributed by atoms with Crippen LogP contribution in [0.5, 0.6) is 0 Å². The summed E-state index contributed by atoms with van der Waals surface area (Å²) >= 11 is 0. The minimum Gasteiger partial charge on any atom is -0.366 e. The molecule has 2 N–H and O–H groups in total. The van der Waals surface area contributed by atoms with Gasteiger partial charge in [0.05, 0.1) is 23.4 Å². The number of nitrogens with one attached hydrogen (secondary N) is 2. The van der Waals surface area contributed by atoms with Crippen LogP contribution in [0.15, 0.2) is 24.7 Å².